The monoisotopic (exact) mass is 441 g/mol. The Balaban J connectivity index is 1.26. The molecule has 0 bridgehead atoms. The smallest absolute Gasteiger partial charge is 0.258 e. The zero-order valence-corrected chi connectivity index (χ0v) is 17.7. The largest absolute Gasteiger partial charge is 0.484 e. The highest BCUT2D eigenvalue weighted by atomic mass is 35.5. The zero-order valence-electron chi connectivity index (χ0n) is 16.1. The lowest BCUT2D eigenvalue weighted by atomic mass is 9.73. The molecule has 29 heavy (non-hydrogen) atoms. The maximum absolute atomic E-state index is 13.5. The van der Waals surface area contributed by atoms with Crippen LogP contribution in [0.3, 0.4) is 0 Å². The van der Waals surface area contributed by atoms with E-state index in [-0.39, 0.29) is 46.7 Å². The molecule has 0 radical (unpaired) electrons. The van der Waals surface area contributed by atoms with Gasteiger partial charge in [-0.05, 0) is 50.2 Å². The third-order valence-corrected chi connectivity index (χ3v) is 7.73. The van der Waals surface area contributed by atoms with Gasteiger partial charge in [0.1, 0.15) is 16.9 Å². The van der Waals surface area contributed by atoms with E-state index >= 15 is 0 Å². The number of halogens is 2. The molecule has 1 heterocycles. The highest BCUT2D eigenvalue weighted by Crippen LogP contribution is 2.47. The molecule has 9 heteroatoms. The highest BCUT2D eigenvalue weighted by molar-refractivity contribution is 8.00. The molecule has 2 saturated carbocycles. The van der Waals surface area contributed by atoms with Crippen LogP contribution in [0.15, 0.2) is 18.2 Å². The average Bonchev–Trinajstić information content (AvgIpc) is 3.16. The molecule has 6 atom stereocenters. The molecular formula is C20H25ClFN3O3S. The molecule has 5 unspecified atom stereocenters. The molecule has 2 aliphatic carbocycles. The lowest BCUT2D eigenvalue weighted by Gasteiger charge is -2.36. The van der Waals surface area contributed by atoms with Crippen LogP contribution in [0.25, 0.3) is 0 Å². The number of fused-ring (bicyclic) bond motifs is 1. The van der Waals surface area contributed by atoms with Gasteiger partial charge < -0.3 is 15.4 Å². The van der Waals surface area contributed by atoms with E-state index in [0.717, 1.165) is 31.1 Å². The number of carbonyl (C=O) groups excluding carboxylic acids is 2. The van der Waals surface area contributed by atoms with Crippen LogP contribution in [0.2, 0.25) is 5.02 Å². The molecule has 3 aliphatic rings. The summed E-state index contributed by atoms with van der Waals surface area (Å²) in [6, 6.07) is 4.55. The topological polar surface area (TPSA) is 79.5 Å². The van der Waals surface area contributed by atoms with Crippen molar-refractivity contribution in [1.82, 2.24) is 16.0 Å². The fourth-order valence-corrected chi connectivity index (χ4v) is 5.72. The second-order valence-electron chi connectivity index (χ2n) is 8.08. The first-order valence-corrected chi connectivity index (χ1v) is 11.4. The van der Waals surface area contributed by atoms with Gasteiger partial charge in [0.2, 0.25) is 5.91 Å². The van der Waals surface area contributed by atoms with Gasteiger partial charge in [-0.3, -0.25) is 14.9 Å². The summed E-state index contributed by atoms with van der Waals surface area (Å²) >= 11 is 7.28. The summed E-state index contributed by atoms with van der Waals surface area (Å²) in [7, 11) is 0. The van der Waals surface area contributed by atoms with Crippen LogP contribution < -0.4 is 20.7 Å². The van der Waals surface area contributed by atoms with Crippen LogP contribution in [0.4, 0.5) is 4.39 Å². The number of benzene rings is 1. The quantitative estimate of drug-likeness (QED) is 0.631. The molecule has 6 nitrogen and oxygen atoms in total. The summed E-state index contributed by atoms with van der Waals surface area (Å²) in [5, 5.41) is 9.32. The third kappa shape index (κ3) is 4.64. The molecule has 0 spiro atoms. The second kappa shape index (κ2) is 8.70. The number of thioether (sulfide) groups is 1. The first kappa shape index (κ1) is 20.8. The fourth-order valence-electron chi connectivity index (χ4n) is 4.47. The number of carbonyl (C=O) groups is 2. The normalized spacial score (nSPS) is 32.9. The van der Waals surface area contributed by atoms with E-state index in [9.17, 15) is 14.0 Å². The molecule has 1 aromatic rings. The second-order valence-corrected chi connectivity index (χ2v) is 9.62. The van der Waals surface area contributed by atoms with Crippen LogP contribution in [0.1, 0.15) is 26.2 Å². The van der Waals surface area contributed by atoms with E-state index in [0.29, 0.717) is 17.9 Å². The van der Waals surface area contributed by atoms with E-state index in [1.54, 1.807) is 11.8 Å². The summed E-state index contributed by atoms with van der Waals surface area (Å²) in [6.07, 6.45) is 2.86. The van der Waals surface area contributed by atoms with Crippen molar-refractivity contribution >= 4 is 35.2 Å². The molecule has 1 aromatic carbocycles. The van der Waals surface area contributed by atoms with Crippen LogP contribution in [-0.2, 0) is 9.59 Å². The van der Waals surface area contributed by atoms with E-state index in [2.05, 4.69) is 22.9 Å². The van der Waals surface area contributed by atoms with Crippen molar-refractivity contribution in [2.24, 2.45) is 11.8 Å². The minimum Gasteiger partial charge on any atom is -0.484 e. The lowest BCUT2D eigenvalue weighted by molar-refractivity contribution is -0.124. The SMILES string of the molecule is CC1CSC(C(=O)NC2C[C@H](NC(=O)COc3ccc(Cl)c(F)c3)C3CCC23)N1. The Morgan fingerprint density at radius 1 is 1.28 bits per heavy atom. The van der Waals surface area contributed by atoms with Crippen LogP contribution in [0, 0.1) is 17.7 Å². The Hall–Kier alpha value is -1.51. The van der Waals surface area contributed by atoms with Crippen molar-refractivity contribution in [3.63, 3.8) is 0 Å². The summed E-state index contributed by atoms with van der Waals surface area (Å²) in [5.41, 5.74) is 0. The Labute approximate surface area is 178 Å². The predicted molar refractivity (Wildman–Crippen MR) is 110 cm³/mol. The van der Waals surface area contributed by atoms with Crippen LogP contribution in [0.5, 0.6) is 5.75 Å². The number of amides is 2. The molecule has 4 rings (SSSR count). The minimum absolute atomic E-state index is 0.0116. The van der Waals surface area contributed by atoms with Crippen molar-refractivity contribution in [2.45, 2.75) is 49.7 Å². The lowest BCUT2D eigenvalue weighted by Crippen LogP contribution is -2.48. The molecule has 158 valence electrons. The number of ether oxygens (including phenoxy) is 1. The Bertz CT molecular complexity index is 798. The van der Waals surface area contributed by atoms with E-state index in [1.807, 2.05) is 0 Å². The molecule has 3 N–H and O–H groups in total. The number of hydrogen-bond donors (Lipinski definition) is 3. The van der Waals surface area contributed by atoms with Gasteiger partial charge >= 0.3 is 0 Å². The third-order valence-electron chi connectivity index (χ3n) is 6.05. The average molecular weight is 442 g/mol. The van der Waals surface area contributed by atoms with E-state index < -0.39 is 5.82 Å². The predicted octanol–water partition coefficient (Wildman–Crippen LogP) is 2.31. The molecule has 2 amide bonds. The fraction of sp³-hybridized carbons (Fsp3) is 0.600. The molecule has 1 aliphatic heterocycles. The van der Waals surface area contributed by atoms with Gasteiger partial charge in [0.15, 0.2) is 6.61 Å². The zero-order chi connectivity index (χ0) is 20.5. The minimum atomic E-state index is -0.583. The van der Waals surface area contributed by atoms with Gasteiger partial charge in [-0.2, -0.15) is 0 Å². The Kier molecular flexibility index (Phi) is 6.22. The Morgan fingerprint density at radius 3 is 2.62 bits per heavy atom. The van der Waals surface area contributed by atoms with Crippen molar-refractivity contribution < 1.29 is 18.7 Å². The van der Waals surface area contributed by atoms with Crippen molar-refractivity contribution in [1.29, 1.82) is 0 Å². The standard InChI is InChI=1S/C20H25ClFN3O3S/c1-10-9-29-20(23-10)19(27)25-17-7-16(12-3-4-13(12)17)24-18(26)8-28-11-2-5-14(21)15(22)6-11/h2,5-6,10,12-13,16-17,20,23H,3-4,7-9H2,1H3,(H,24,26)(H,25,27)/t10?,12?,13?,16-,17?,20?/m0/s1. The van der Waals surface area contributed by atoms with Crippen molar-refractivity contribution in [3.05, 3.63) is 29.0 Å². The molecular weight excluding hydrogens is 417 g/mol. The number of rotatable bonds is 6. The van der Waals surface area contributed by atoms with Gasteiger partial charge in [0, 0.05) is 29.9 Å². The Morgan fingerprint density at radius 2 is 2.00 bits per heavy atom. The van der Waals surface area contributed by atoms with Crippen molar-refractivity contribution in [3.8, 4) is 5.75 Å². The first-order valence-electron chi connectivity index (χ1n) is 9.96. The highest BCUT2D eigenvalue weighted by Gasteiger charge is 2.49. The maximum atomic E-state index is 13.5. The first-order chi connectivity index (χ1) is 13.9. The van der Waals surface area contributed by atoms with Gasteiger partial charge in [0.25, 0.3) is 5.91 Å². The van der Waals surface area contributed by atoms with Crippen LogP contribution >= 0.6 is 23.4 Å². The maximum Gasteiger partial charge on any atom is 0.258 e. The number of hydrogen-bond acceptors (Lipinski definition) is 5. The molecule has 0 aromatic heterocycles. The van der Waals surface area contributed by atoms with Crippen molar-refractivity contribution in [2.75, 3.05) is 12.4 Å². The van der Waals surface area contributed by atoms with E-state index in [4.69, 9.17) is 16.3 Å². The molecule has 1 saturated heterocycles. The van der Waals surface area contributed by atoms with Crippen LogP contribution in [-0.4, -0.2) is 47.7 Å². The van der Waals surface area contributed by atoms with Gasteiger partial charge in [-0.15, -0.1) is 11.8 Å². The summed E-state index contributed by atoms with van der Waals surface area (Å²) in [6.45, 7) is 1.89. The molecule has 3 fully saturated rings. The summed E-state index contributed by atoms with van der Waals surface area (Å²) < 4.78 is 18.8. The van der Waals surface area contributed by atoms with Gasteiger partial charge in [-0.25, -0.2) is 4.39 Å². The van der Waals surface area contributed by atoms with Gasteiger partial charge in [0.05, 0.1) is 5.02 Å². The van der Waals surface area contributed by atoms with E-state index in [1.165, 1.54) is 12.1 Å². The summed E-state index contributed by atoms with van der Waals surface area (Å²) in [5.74, 6) is 1.21. The summed E-state index contributed by atoms with van der Waals surface area (Å²) in [4.78, 5) is 24.8. The number of nitrogens with one attached hydrogen (secondary N) is 3. The van der Waals surface area contributed by atoms with Gasteiger partial charge in [-0.1, -0.05) is 11.6 Å².